The fourth-order valence-corrected chi connectivity index (χ4v) is 5.25. The second-order valence-corrected chi connectivity index (χ2v) is 10.6. The zero-order valence-electron chi connectivity index (χ0n) is 18.3. The fourth-order valence-electron chi connectivity index (χ4n) is 4.21. The molecule has 5 rings (SSSR count). The van der Waals surface area contributed by atoms with Gasteiger partial charge in [-0.05, 0) is 52.3 Å². The minimum absolute atomic E-state index is 0.237. The molecule has 2 aromatic heterocycles. The first-order valence-electron chi connectivity index (χ1n) is 10.7. The highest BCUT2D eigenvalue weighted by atomic mass is 32.1. The molecule has 0 radical (unpaired) electrons. The standard InChI is InChI=1S/C23H29N5OS/c1-14(2)28-21(24-13-25-28)22-26-20-17-7-6-15(16-11-27(12-16)23(3,4)5)10-18(17)29-9-8-19(20)30-22/h6-7,10,13-14,16H,8-9,11-12H2,1-5H3. The molecule has 158 valence electrons. The van der Waals surface area contributed by atoms with Crippen LogP contribution in [0, 0.1) is 0 Å². The Balaban J connectivity index is 1.46. The topological polar surface area (TPSA) is 56.1 Å². The largest absolute Gasteiger partial charge is 0.492 e. The molecule has 1 aromatic carbocycles. The normalized spacial score (nSPS) is 17.3. The summed E-state index contributed by atoms with van der Waals surface area (Å²) in [7, 11) is 0. The summed E-state index contributed by atoms with van der Waals surface area (Å²) in [4.78, 5) is 13.3. The molecule has 2 aliphatic rings. The van der Waals surface area contributed by atoms with Gasteiger partial charge in [0.05, 0.1) is 12.3 Å². The molecule has 7 heteroatoms. The van der Waals surface area contributed by atoms with Crippen LogP contribution in [0.3, 0.4) is 0 Å². The van der Waals surface area contributed by atoms with Crippen LogP contribution in [0.1, 0.15) is 57.0 Å². The van der Waals surface area contributed by atoms with Crippen molar-refractivity contribution in [3.63, 3.8) is 0 Å². The van der Waals surface area contributed by atoms with Crippen LogP contribution in [-0.2, 0) is 6.42 Å². The Morgan fingerprint density at radius 1 is 1.20 bits per heavy atom. The molecule has 0 saturated carbocycles. The van der Waals surface area contributed by atoms with E-state index in [1.807, 2.05) is 4.68 Å². The van der Waals surface area contributed by atoms with E-state index in [4.69, 9.17) is 9.72 Å². The van der Waals surface area contributed by atoms with Crippen molar-refractivity contribution >= 4 is 11.3 Å². The van der Waals surface area contributed by atoms with Crippen LogP contribution in [0.15, 0.2) is 24.5 Å². The molecule has 0 N–H and O–H groups in total. The Kier molecular flexibility index (Phi) is 4.71. The van der Waals surface area contributed by atoms with E-state index in [0.29, 0.717) is 12.5 Å². The first kappa shape index (κ1) is 19.7. The number of hydrogen-bond acceptors (Lipinski definition) is 6. The second kappa shape index (κ2) is 7.17. The van der Waals surface area contributed by atoms with Crippen molar-refractivity contribution in [3.05, 3.63) is 35.0 Å². The summed E-state index contributed by atoms with van der Waals surface area (Å²) in [6.45, 7) is 14.0. The third kappa shape index (κ3) is 3.34. The van der Waals surface area contributed by atoms with Crippen LogP contribution in [0.2, 0.25) is 0 Å². The van der Waals surface area contributed by atoms with E-state index in [9.17, 15) is 0 Å². The molecule has 3 aromatic rings. The monoisotopic (exact) mass is 423 g/mol. The van der Waals surface area contributed by atoms with Gasteiger partial charge in [0, 0.05) is 47.4 Å². The number of fused-ring (bicyclic) bond motifs is 3. The Morgan fingerprint density at radius 3 is 2.73 bits per heavy atom. The van der Waals surface area contributed by atoms with Crippen molar-refractivity contribution in [2.45, 2.75) is 58.5 Å². The summed E-state index contributed by atoms with van der Waals surface area (Å²) in [6.07, 6.45) is 2.48. The average Bonchev–Trinajstić information content (AvgIpc) is 3.23. The molecule has 4 heterocycles. The van der Waals surface area contributed by atoms with Gasteiger partial charge in [0.25, 0.3) is 0 Å². The summed E-state index contributed by atoms with van der Waals surface area (Å²) in [5.41, 5.74) is 3.74. The molecule has 0 amide bonds. The van der Waals surface area contributed by atoms with Gasteiger partial charge in [-0.1, -0.05) is 6.07 Å². The fraction of sp³-hybridized carbons (Fsp3) is 0.522. The third-order valence-electron chi connectivity index (χ3n) is 6.10. The summed E-state index contributed by atoms with van der Waals surface area (Å²) in [6, 6.07) is 6.95. The predicted octanol–water partition coefficient (Wildman–Crippen LogP) is 4.78. The maximum absolute atomic E-state index is 6.16. The SMILES string of the molecule is CC(C)n1ncnc1-c1nc2c(s1)CCOc1cc(C3CN(C(C)(C)C)C3)ccc1-2. The molecular formula is C23H29N5OS. The number of hydrogen-bond donors (Lipinski definition) is 0. The molecule has 0 aliphatic carbocycles. The van der Waals surface area contributed by atoms with E-state index >= 15 is 0 Å². The number of ether oxygens (including phenoxy) is 1. The second-order valence-electron chi connectivity index (χ2n) is 9.54. The lowest BCUT2D eigenvalue weighted by atomic mass is 9.86. The lowest BCUT2D eigenvalue weighted by Crippen LogP contribution is -2.54. The smallest absolute Gasteiger partial charge is 0.187 e. The molecule has 0 spiro atoms. The molecule has 0 bridgehead atoms. The molecule has 0 atom stereocenters. The Morgan fingerprint density at radius 2 is 2.00 bits per heavy atom. The highest BCUT2D eigenvalue weighted by Crippen LogP contribution is 2.42. The molecular weight excluding hydrogens is 394 g/mol. The molecule has 30 heavy (non-hydrogen) atoms. The molecule has 1 saturated heterocycles. The molecule has 1 fully saturated rings. The zero-order valence-corrected chi connectivity index (χ0v) is 19.2. The van der Waals surface area contributed by atoms with E-state index in [1.165, 1.54) is 10.4 Å². The van der Waals surface area contributed by atoms with Crippen LogP contribution < -0.4 is 4.74 Å². The van der Waals surface area contributed by atoms with Crippen molar-refractivity contribution in [3.8, 4) is 27.8 Å². The van der Waals surface area contributed by atoms with E-state index in [-0.39, 0.29) is 11.6 Å². The predicted molar refractivity (Wildman–Crippen MR) is 120 cm³/mol. The van der Waals surface area contributed by atoms with Crippen LogP contribution in [0.25, 0.3) is 22.1 Å². The van der Waals surface area contributed by atoms with E-state index < -0.39 is 0 Å². The lowest BCUT2D eigenvalue weighted by molar-refractivity contribution is 0.0470. The van der Waals surface area contributed by atoms with Gasteiger partial charge in [-0.2, -0.15) is 5.10 Å². The van der Waals surface area contributed by atoms with Gasteiger partial charge in [0.1, 0.15) is 12.1 Å². The molecule has 6 nitrogen and oxygen atoms in total. The van der Waals surface area contributed by atoms with E-state index in [2.05, 4.69) is 67.8 Å². The number of nitrogens with zero attached hydrogens (tertiary/aromatic N) is 5. The Bertz CT molecular complexity index is 1070. The van der Waals surface area contributed by atoms with Crippen molar-refractivity contribution in [2.24, 2.45) is 0 Å². The zero-order chi connectivity index (χ0) is 21.0. The van der Waals surface area contributed by atoms with Crippen LogP contribution in [-0.4, -0.2) is 49.9 Å². The number of likely N-dealkylation sites (tertiary alicyclic amines) is 1. The van der Waals surface area contributed by atoms with E-state index in [1.54, 1.807) is 17.7 Å². The summed E-state index contributed by atoms with van der Waals surface area (Å²) in [5, 5.41) is 5.31. The maximum atomic E-state index is 6.16. The van der Waals surface area contributed by atoms with Gasteiger partial charge in [0.15, 0.2) is 10.8 Å². The van der Waals surface area contributed by atoms with E-state index in [0.717, 1.165) is 47.3 Å². The van der Waals surface area contributed by atoms with Crippen LogP contribution >= 0.6 is 11.3 Å². The number of thiazole rings is 1. The van der Waals surface area contributed by atoms with Gasteiger partial charge >= 0.3 is 0 Å². The van der Waals surface area contributed by atoms with Gasteiger partial charge in [-0.3, -0.25) is 4.90 Å². The van der Waals surface area contributed by atoms with Crippen molar-refractivity contribution < 1.29 is 4.74 Å². The third-order valence-corrected chi connectivity index (χ3v) is 7.21. The minimum atomic E-state index is 0.237. The highest BCUT2D eigenvalue weighted by molar-refractivity contribution is 7.15. The van der Waals surface area contributed by atoms with Crippen LogP contribution in [0.4, 0.5) is 0 Å². The first-order chi connectivity index (χ1) is 14.3. The van der Waals surface area contributed by atoms with Gasteiger partial charge in [0.2, 0.25) is 0 Å². The molecule has 0 unspecified atom stereocenters. The summed E-state index contributed by atoms with van der Waals surface area (Å²) < 4.78 is 8.10. The maximum Gasteiger partial charge on any atom is 0.187 e. The van der Waals surface area contributed by atoms with Crippen molar-refractivity contribution in [1.82, 2.24) is 24.6 Å². The Hall–Kier alpha value is -2.25. The summed E-state index contributed by atoms with van der Waals surface area (Å²) in [5.74, 6) is 2.39. The summed E-state index contributed by atoms with van der Waals surface area (Å²) >= 11 is 1.71. The Labute approximate surface area is 181 Å². The number of benzene rings is 1. The van der Waals surface area contributed by atoms with Crippen molar-refractivity contribution in [1.29, 1.82) is 0 Å². The highest BCUT2D eigenvalue weighted by Gasteiger charge is 2.35. The van der Waals surface area contributed by atoms with Gasteiger partial charge in [-0.15, -0.1) is 11.3 Å². The van der Waals surface area contributed by atoms with Gasteiger partial charge in [-0.25, -0.2) is 14.6 Å². The molecule has 2 aliphatic heterocycles. The average molecular weight is 424 g/mol. The van der Waals surface area contributed by atoms with Gasteiger partial charge < -0.3 is 4.74 Å². The van der Waals surface area contributed by atoms with Crippen LogP contribution in [0.5, 0.6) is 5.75 Å². The lowest BCUT2D eigenvalue weighted by Gasteiger charge is -2.48. The van der Waals surface area contributed by atoms with Crippen molar-refractivity contribution in [2.75, 3.05) is 19.7 Å². The number of aromatic nitrogens is 4. The first-order valence-corrected chi connectivity index (χ1v) is 11.5. The number of rotatable bonds is 3. The quantitative estimate of drug-likeness (QED) is 0.607. The minimum Gasteiger partial charge on any atom is -0.492 e.